The number of esters is 2. The van der Waals surface area contributed by atoms with E-state index in [1.165, 1.54) is 6.92 Å². The Morgan fingerprint density at radius 2 is 1.58 bits per heavy atom. The number of amides is 2. The van der Waals surface area contributed by atoms with E-state index in [1.807, 2.05) is 30.3 Å². The summed E-state index contributed by atoms with van der Waals surface area (Å²) in [6, 6.07) is 14.1. The highest BCUT2D eigenvalue weighted by Gasteiger charge is 2.29. The largest absolute Gasteiger partial charge is 0.511 e. The number of aromatic amines is 1. The monoisotopic (exact) mass is 665 g/mol. The fraction of sp³-hybridized carbons (Fsp3) is 0.457. The Morgan fingerprint density at radius 3 is 2.33 bits per heavy atom. The quantitative estimate of drug-likeness (QED) is 0.111. The average Bonchev–Trinajstić information content (AvgIpc) is 3.48. The Kier molecular flexibility index (Phi) is 13.7. The van der Waals surface area contributed by atoms with E-state index >= 15 is 0 Å². The lowest BCUT2D eigenvalue weighted by Gasteiger charge is -2.23. The van der Waals surface area contributed by atoms with E-state index in [9.17, 15) is 24.0 Å². The predicted octanol–water partition coefficient (Wildman–Crippen LogP) is 5.21. The minimum atomic E-state index is -1.28. The Morgan fingerprint density at radius 1 is 0.854 bits per heavy atom. The molecule has 1 unspecified atom stereocenters. The first-order valence-corrected chi connectivity index (χ1v) is 16.3. The number of H-pyrrole nitrogens is 1. The number of alkyl carbamates (subject to hydrolysis) is 1. The van der Waals surface area contributed by atoms with Gasteiger partial charge in [0.15, 0.2) is 0 Å². The van der Waals surface area contributed by atoms with Crippen molar-refractivity contribution in [2.75, 3.05) is 6.61 Å². The first-order chi connectivity index (χ1) is 23.2. The molecule has 1 fully saturated rings. The molecule has 0 bridgehead atoms. The van der Waals surface area contributed by atoms with Crippen LogP contribution >= 0.6 is 0 Å². The molecule has 0 saturated heterocycles. The normalized spacial score (nSPS) is 15.0. The summed E-state index contributed by atoms with van der Waals surface area (Å²) in [5, 5.41) is 5.99. The predicted molar refractivity (Wildman–Crippen MR) is 173 cm³/mol. The zero-order chi connectivity index (χ0) is 34.3. The third-order valence-corrected chi connectivity index (χ3v) is 7.81. The highest BCUT2D eigenvalue weighted by Crippen LogP contribution is 2.22. The third kappa shape index (κ3) is 11.3. The van der Waals surface area contributed by atoms with Crippen LogP contribution in [-0.4, -0.2) is 66.2 Å². The van der Waals surface area contributed by atoms with Gasteiger partial charge in [-0.05, 0) is 56.2 Å². The lowest BCUT2D eigenvalue weighted by atomic mass is 9.98. The number of para-hydroxylation sites is 1. The molecule has 13 nitrogen and oxygen atoms in total. The fourth-order valence-corrected chi connectivity index (χ4v) is 5.41. The molecule has 13 heteroatoms. The summed E-state index contributed by atoms with van der Waals surface area (Å²) >= 11 is 0. The molecule has 258 valence electrons. The first kappa shape index (κ1) is 35.8. The number of hydrogen-bond donors (Lipinski definition) is 3. The molecule has 0 aliphatic heterocycles. The van der Waals surface area contributed by atoms with Gasteiger partial charge in [-0.2, -0.15) is 0 Å². The second kappa shape index (κ2) is 18.3. The average molecular weight is 666 g/mol. The minimum Gasteiger partial charge on any atom is -0.464 e. The van der Waals surface area contributed by atoms with Crippen LogP contribution in [0.25, 0.3) is 10.9 Å². The Labute approximate surface area is 279 Å². The summed E-state index contributed by atoms with van der Waals surface area (Å²) in [5.74, 6) is -2.16. The van der Waals surface area contributed by atoms with Crippen molar-refractivity contribution in [3.63, 3.8) is 0 Å². The van der Waals surface area contributed by atoms with E-state index in [0.29, 0.717) is 0 Å². The van der Waals surface area contributed by atoms with E-state index in [1.54, 1.807) is 37.4 Å². The van der Waals surface area contributed by atoms with Crippen molar-refractivity contribution in [2.45, 2.75) is 96.3 Å². The lowest BCUT2D eigenvalue weighted by molar-refractivity contribution is -0.172. The van der Waals surface area contributed by atoms with Gasteiger partial charge < -0.3 is 39.3 Å². The van der Waals surface area contributed by atoms with Crippen LogP contribution in [0.2, 0.25) is 0 Å². The molecule has 48 heavy (non-hydrogen) atoms. The zero-order valence-corrected chi connectivity index (χ0v) is 27.2. The maximum Gasteiger partial charge on any atom is 0.511 e. The number of carbonyl (C=O) groups is 5. The van der Waals surface area contributed by atoms with Crippen LogP contribution in [0.4, 0.5) is 9.59 Å². The smallest absolute Gasteiger partial charge is 0.464 e. The van der Waals surface area contributed by atoms with Crippen molar-refractivity contribution >= 4 is 41.0 Å². The number of hydrogen-bond acceptors (Lipinski definition) is 10. The molecule has 1 heterocycles. The number of nitrogens with one attached hydrogen (secondary N) is 3. The van der Waals surface area contributed by atoms with E-state index in [4.69, 9.17) is 23.7 Å². The van der Waals surface area contributed by atoms with Crippen molar-refractivity contribution in [3.8, 4) is 0 Å². The number of carbonyl (C=O) groups excluding carboxylic acids is 5. The van der Waals surface area contributed by atoms with Gasteiger partial charge >= 0.3 is 24.2 Å². The summed E-state index contributed by atoms with van der Waals surface area (Å²) in [5.41, 5.74) is 2.34. The molecule has 0 radical (unpaired) electrons. The maximum absolute atomic E-state index is 13.4. The van der Waals surface area contributed by atoms with Gasteiger partial charge in [0.1, 0.15) is 24.8 Å². The molecular formula is C35H43N3O10. The van der Waals surface area contributed by atoms with E-state index in [-0.39, 0.29) is 38.6 Å². The van der Waals surface area contributed by atoms with Crippen molar-refractivity contribution in [3.05, 3.63) is 71.9 Å². The first-order valence-electron chi connectivity index (χ1n) is 16.3. The second-order valence-electron chi connectivity index (χ2n) is 11.5. The highest BCUT2D eigenvalue weighted by atomic mass is 16.8. The van der Waals surface area contributed by atoms with E-state index in [0.717, 1.165) is 54.1 Å². The van der Waals surface area contributed by atoms with E-state index in [2.05, 4.69) is 15.6 Å². The third-order valence-electron chi connectivity index (χ3n) is 7.81. The van der Waals surface area contributed by atoms with Crippen LogP contribution in [0.1, 0.15) is 69.9 Å². The number of fused-ring (bicyclic) bond motifs is 1. The number of aromatic nitrogens is 1. The SMILES string of the molecule is CCOC(=O)[C@@H](CCC(=O)N[C@H](Cc1c[nH]c2ccccc12)C(=O)OC(C)OC(=O)OC1CCCCC1)NC(=O)OCc1ccccc1. The van der Waals surface area contributed by atoms with Gasteiger partial charge in [0, 0.05) is 36.9 Å². The van der Waals surface area contributed by atoms with Crippen molar-refractivity contribution < 1.29 is 47.7 Å². The molecule has 3 aromatic rings. The molecule has 3 N–H and O–H groups in total. The van der Waals surface area contributed by atoms with Crippen molar-refractivity contribution in [2.24, 2.45) is 0 Å². The molecule has 3 atom stereocenters. The van der Waals surface area contributed by atoms with Crippen LogP contribution in [-0.2, 0) is 51.1 Å². The second-order valence-corrected chi connectivity index (χ2v) is 11.5. The molecule has 1 saturated carbocycles. The van der Waals surface area contributed by atoms with E-state index < -0.39 is 48.5 Å². The summed E-state index contributed by atoms with van der Waals surface area (Å²) in [4.78, 5) is 67.1. The molecule has 1 aliphatic carbocycles. The van der Waals surface area contributed by atoms with Gasteiger partial charge in [-0.15, -0.1) is 0 Å². The van der Waals surface area contributed by atoms with Crippen molar-refractivity contribution in [1.82, 2.24) is 15.6 Å². The molecule has 1 aromatic heterocycles. The van der Waals surface area contributed by atoms with Crippen LogP contribution in [0.3, 0.4) is 0 Å². The molecular weight excluding hydrogens is 622 g/mol. The fourth-order valence-electron chi connectivity index (χ4n) is 5.41. The number of rotatable bonds is 15. The summed E-state index contributed by atoms with van der Waals surface area (Å²) < 4.78 is 26.2. The number of ether oxygens (including phenoxy) is 5. The standard InChI is InChI=1S/C35H43N3O10/c1-3-44-32(40)29(38-34(42)45-22-24-12-6-4-7-13-24)18-19-31(39)37-30(20-25-21-36-28-17-11-10-16-27(25)28)33(41)46-23(2)47-35(43)48-26-14-8-5-9-15-26/h4,6-7,10-13,16-17,21,23,26,29-30,36H,3,5,8-9,14-15,18-20,22H2,1-2H3,(H,37,39)(H,38,42)/t23?,29-,30-/m1/s1. The summed E-state index contributed by atoms with van der Waals surface area (Å²) in [7, 11) is 0. The molecule has 0 spiro atoms. The van der Waals surface area contributed by atoms with Crippen molar-refractivity contribution in [1.29, 1.82) is 0 Å². The van der Waals surface area contributed by atoms with Gasteiger partial charge in [0.2, 0.25) is 12.2 Å². The Hall–Kier alpha value is -5.07. The van der Waals surface area contributed by atoms with Gasteiger partial charge in [-0.1, -0.05) is 55.0 Å². The maximum atomic E-state index is 13.4. The molecule has 2 amide bonds. The Balaban J connectivity index is 1.37. The van der Waals surface area contributed by atoms with Gasteiger partial charge in [0.25, 0.3) is 0 Å². The van der Waals surface area contributed by atoms with Gasteiger partial charge in [0.05, 0.1) is 6.61 Å². The topological polar surface area (TPSA) is 171 Å². The molecule has 2 aromatic carbocycles. The van der Waals surface area contributed by atoms with Gasteiger partial charge in [-0.3, -0.25) is 4.79 Å². The lowest BCUT2D eigenvalue weighted by Crippen LogP contribution is -2.46. The van der Waals surface area contributed by atoms with Crippen LogP contribution in [0.15, 0.2) is 60.8 Å². The number of benzene rings is 2. The molecule has 4 rings (SSSR count). The molecule has 1 aliphatic rings. The van der Waals surface area contributed by atoms with Crippen LogP contribution in [0.5, 0.6) is 0 Å². The Bertz CT molecular complexity index is 1520. The highest BCUT2D eigenvalue weighted by molar-refractivity contribution is 5.88. The van der Waals surface area contributed by atoms with Crippen LogP contribution in [0, 0.1) is 0 Å². The zero-order valence-electron chi connectivity index (χ0n) is 27.2. The minimum absolute atomic E-state index is 0.0131. The van der Waals surface area contributed by atoms with Gasteiger partial charge in [-0.25, -0.2) is 19.2 Å². The summed E-state index contributed by atoms with van der Waals surface area (Å²) in [6.07, 6.45) is 2.64. The van der Waals surface area contributed by atoms with Crippen LogP contribution < -0.4 is 10.6 Å². The summed E-state index contributed by atoms with van der Waals surface area (Å²) in [6.45, 7) is 3.06.